The molecule has 8 aromatic carbocycles. The van der Waals surface area contributed by atoms with Gasteiger partial charge in [0.2, 0.25) is 0 Å². The summed E-state index contributed by atoms with van der Waals surface area (Å²) in [7, 11) is 0. The van der Waals surface area contributed by atoms with E-state index in [4.69, 9.17) is 0 Å². The zero-order chi connectivity index (χ0) is 48.7. The van der Waals surface area contributed by atoms with Crippen LogP contribution in [0.3, 0.4) is 0 Å². The molecule has 0 spiro atoms. The molecule has 0 amide bonds. The van der Waals surface area contributed by atoms with Crippen molar-refractivity contribution >= 4 is 49.6 Å². The maximum absolute atomic E-state index is 4.01. The molecule has 1 heterocycles. The molecule has 1 N–H and O–H groups in total. The van der Waals surface area contributed by atoms with E-state index in [2.05, 4.69) is 271 Å². The molecule has 68 heavy (non-hydrogen) atoms. The number of benzene rings is 8. The Bertz CT molecular complexity index is 3250. The summed E-state index contributed by atoms with van der Waals surface area (Å²) in [5.74, 6) is 0. The van der Waals surface area contributed by atoms with Crippen molar-refractivity contribution in [3.8, 4) is 33.4 Å². The first-order chi connectivity index (χ1) is 31.8. The van der Waals surface area contributed by atoms with E-state index >= 15 is 0 Å². The summed E-state index contributed by atoms with van der Waals surface area (Å²) in [5, 5.41) is 4.98. The number of hydrogen-bond donors (Lipinski definition) is 1. The third-order valence-electron chi connectivity index (χ3n) is 14.2. The van der Waals surface area contributed by atoms with Crippen LogP contribution in [-0.4, -0.2) is 4.98 Å². The second kappa shape index (κ2) is 16.7. The molecule has 0 aliphatic carbocycles. The monoisotopic (exact) mass is 893 g/mol. The Morgan fingerprint density at radius 2 is 0.824 bits per heavy atom. The molecule has 0 radical (unpaired) electrons. The summed E-state index contributed by atoms with van der Waals surface area (Å²) in [5.41, 5.74) is 19.7. The van der Waals surface area contributed by atoms with Crippen molar-refractivity contribution in [3.05, 3.63) is 186 Å². The Morgan fingerprint density at radius 3 is 1.37 bits per heavy atom. The van der Waals surface area contributed by atoms with Crippen molar-refractivity contribution < 1.29 is 0 Å². The van der Waals surface area contributed by atoms with Crippen LogP contribution >= 0.6 is 0 Å². The highest BCUT2D eigenvalue weighted by molar-refractivity contribution is 6.23. The van der Waals surface area contributed by atoms with E-state index in [1.165, 1.54) is 82.7 Å². The minimum atomic E-state index is -0.122. The predicted octanol–water partition coefficient (Wildman–Crippen LogP) is 19.4. The normalized spacial score (nSPS) is 12.9. The molecule has 346 valence electrons. The molecule has 9 rings (SSSR count). The van der Waals surface area contributed by atoms with Crippen molar-refractivity contribution in [2.45, 2.75) is 131 Å². The van der Waals surface area contributed by atoms with Crippen LogP contribution in [0.1, 0.15) is 132 Å². The quantitative estimate of drug-likeness (QED) is 0.176. The van der Waals surface area contributed by atoms with E-state index in [0.717, 1.165) is 28.1 Å². The number of hydrogen-bond acceptors (Lipinski definition) is 1. The maximum atomic E-state index is 4.01. The smallest absolute Gasteiger partial charge is 0.0545 e. The van der Waals surface area contributed by atoms with Gasteiger partial charge >= 0.3 is 0 Å². The van der Waals surface area contributed by atoms with Crippen LogP contribution < -0.4 is 4.90 Å². The van der Waals surface area contributed by atoms with Gasteiger partial charge in [-0.25, -0.2) is 0 Å². The Kier molecular flexibility index (Phi) is 11.5. The molecule has 0 atom stereocenters. The van der Waals surface area contributed by atoms with E-state index in [1.54, 1.807) is 0 Å². The summed E-state index contributed by atoms with van der Waals surface area (Å²) in [6.45, 7) is 34.5. The Morgan fingerprint density at radius 1 is 0.324 bits per heavy atom. The first kappa shape index (κ1) is 46.7. The van der Waals surface area contributed by atoms with Crippen molar-refractivity contribution in [3.63, 3.8) is 0 Å². The molecular weight excluding hydrogens is 821 g/mol. The zero-order valence-electron chi connectivity index (χ0n) is 43.5. The van der Waals surface area contributed by atoms with E-state index < -0.39 is 0 Å². The van der Waals surface area contributed by atoms with Gasteiger partial charge in [-0.2, -0.15) is 0 Å². The van der Waals surface area contributed by atoms with Crippen LogP contribution in [0.5, 0.6) is 0 Å². The zero-order valence-corrected chi connectivity index (χ0v) is 43.5. The van der Waals surface area contributed by atoms with Gasteiger partial charge in [-0.15, -0.1) is 0 Å². The second-order valence-electron chi connectivity index (χ2n) is 24.6. The van der Waals surface area contributed by atoms with Crippen LogP contribution in [0.25, 0.3) is 66.0 Å². The molecule has 1 aromatic heterocycles. The molecule has 0 bridgehead atoms. The highest BCUT2D eigenvalue weighted by atomic mass is 15.1. The minimum Gasteiger partial charge on any atom is -0.354 e. The van der Waals surface area contributed by atoms with E-state index in [-0.39, 0.29) is 27.1 Å². The molecule has 0 aliphatic heterocycles. The third kappa shape index (κ3) is 9.15. The van der Waals surface area contributed by atoms with Crippen molar-refractivity contribution in [1.82, 2.24) is 4.98 Å². The number of anilines is 3. The summed E-state index contributed by atoms with van der Waals surface area (Å²) in [6.07, 6.45) is 0. The maximum Gasteiger partial charge on any atom is 0.0545 e. The Balaban J connectivity index is 1.30. The number of nitrogens with zero attached hydrogens (tertiary/aromatic N) is 1. The van der Waals surface area contributed by atoms with Crippen LogP contribution in [-0.2, 0) is 27.1 Å². The van der Waals surface area contributed by atoms with Gasteiger partial charge in [-0.1, -0.05) is 201 Å². The molecular formula is C66H72N2. The van der Waals surface area contributed by atoms with Crippen LogP contribution in [0.4, 0.5) is 17.1 Å². The fourth-order valence-electron chi connectivity index (χ4n) is 9.73. The molecule has 0 saturated heterocycles. The lowest BCUT2D eigenvalue weighted by Gasteiger charge is -2.30. The lowest BCUT2D eigenvalue weighted by molar-refractivity contribution is 0.589. The van der Waals surface area contributed by atoms with Crippen molar-refractivity contribution in [2.24, 2.45) is 0 Å². The Labute approximate surface area is 407 Å². The standard InChI is InChI=1S/C66H72N2/c1-62(2,3)48-23-19-42(20-24-48)46-39-57(61-58(40-46)60-56-33-21-44(35-45(56)22-34-59(60)67-61)43-17-16-18-51(36-43)65(10,11)12)47-37-52(66(13,14)15)41-55(38-47)68(53-29-25-49(26-30-53)63(4,5)6)54-31-27-50(28-32-54)64(7,8)9/h16-41,67H,1-15H3. The number of fused-ring (bicyclic) bond motifs is 5. The molecule has 2 heteroatoms. The number of H-pyrrole nitrogens is 1. The fraction of sp³-hybridized carbons (Fsp3) is 0.303. The van der Waals surface area contributed by atoms with Crippen LogP contribution in [0.2, 0.25) is 0 Å². The van der Waals surface area contributed by atoms with Gasteiger partial charge in [-0.05, 0) is 154 Å². The lowest BCUT2D eigenvalue weighted by atomic mass is 9.83. The second-order valence-corrected chi connectivity index (χ2v) is 24.6. The summed E-state index contributed by atoms with van der Waals surface area (Å²) < 4.78 is 0. The molecule has 2 nitrogen and oxygen atoms in total. The van der Waals surface area contributed by atoms with E-state index in [1.807, 2.05) is 0 Å². The summed E-state index contributed by atoms with van der Waals surface area (Å²) in [6, 6.07) is 60.5. The minimum absolute atomic E-state index is 0.0474. The van der Waals surface area contributed by atoms with Crippen LogP contribution in [0, 0.1) is 0 Å². The number of rotatable bonds is 6. The van der Waals surface area contributed by atoms with Gasteiger partial charge < -0.3 is 9.88 Å². The van der Waals surface area contributed by atoms with E-state index in [9.17, 15) is 0 Å². The first-order valence-corrected chi connectivity index (χ1v) is 24.7. The lowest BCUT2D eigenvalue weighted by Crippen LogP contribution is -2.16. The van der Waals surface area contributed by atoms with Crippen LogP contribution in [0.15, 0.2) is 158 Å². The Hall–Kier alpha value is -6.38. The highest BCUT2D eigenvalue weighted by Crippen LogP contribution is 2.45. The summed E-state index contributed by atoms with van der Waals surface area (Å²) in [4.78, 5) is 6.47. The van der Waals surface area contributed by atoms with E-state index in [0.29, 0.717) is 0 Å². The topological polar surface area (TPSA) is 19.0 Å². The molecule has 9 aromatic rings. The van der Waals surface area contributed by atoms with Gasteiger partial charge in [-0.3, -0.25) is 0 Å². The van der Waals surface area contributed by atoms with Gasteiger partial charge in [0.1, 0.15) is 0 Å². The predicted molar refractivity (Wildman–Crippen MR) is 298 cm³/mol. The number of nitrogens with one attached hydrogen (secondary N) is 1. The fourth-order valence-corrected chi connectivity index (χ4v) is 9.73. The van der Waals surface area contributed by atoms with Crippen molar-refractivity contribution in [1.29, 1.82) is 0 Å². The van der Waals surface area contributed by atoms with Crippen molar-refractivity contribution in [2.75, 3.05) is 4.90 Å². The van der Waals surface area contributed by atoms with Gasteiger partial charge in [0.15, 0.2) is 0 Å². The highest BCUT2D eigenvalue weighted by Gasteiger charge is 2.25. The average molecular weight is 893 g/mol. The van der Waals surface area contributed by atoms with Gasteiger partial charge in [0.05, 0.1) is 5.52 Å². The largest absolute Gasteiger partial charge is 0.354 e. The third-order valence-corrected chi connectivity index (χ3v) is 14.2. The molecule has 0 aliphatic rings. The SMILES string of the molecule is CC(C)(C)c1ccc(-c2cc(-c3cc(N(c4ccc(C(C)(C)C)cc4)c4ccc(C(C)(C)C)cc4)cc(C(C)(C)C)c3)c3[nH]c4ccc5cc(-c6cccc(C(C)(C)C)c6)ccc5c4c3c2)cc1. The molecule has 0 fully saturated rings. The molecule has 0 saturated carbocycles. The summed E-state index contributed by atoms with van der Waals surface area (Å²) >= 11 is 0. The average Bonchev–Trinajstić information content (AvgIpc) is 3.67. The van der Waals surface area contributed by atoms with Gasteiger partial charge in [0, 0.05) is 38.9 Å². The number of aromatic nitrogens is 1. The molecule has 0 unspecified atom stereocenters. The first-order valence-electron chi connectivity index (χ1n) is 24.7. The number of aromatic amines is 1. The van der Waals surface area contributed by atoms with Gasteiger partial charge in [0.25, 0.3) is 0 Å².